The van der Waals surface area contributed by atoms with E-state index in [4.69, 9.17) is 5.11 Å². The lowest BCUT2D eigenvalue weighted by Gasteiger charge is -2.19. The SMILES string of the molecule is CCC(CC1CC1)Nc1ccc(F)cc1C(=O)O. The Hall–Kier alpha value is -1.58. The second kappa shape index (κ2) is 5.38. The molecule has 0 radical (unpaired) electrons. The monoisotopic (exact) mass is 251 g/mol. The fraction of sp³-hybridized carbons (Fsp3) is 0.500. The van der Waals surface area contributed by atoms with Gasteiger partial charge in [-0.2, -0.15) is 0 Å². The van der Waals surface area contributed by atoms with E-state index in [0.717, 1.165) is 24.8 Å². The highest BCUT2D eigenvalue weighted by atomic mass is 19.1. The largest absolute Gasteiger partial charge is 0.478 e. The lowest BCUT2D eigenvalue weighted by molar-refractivity contribution is 0.0697. The van der Waals surface area contributed by atoms with Crippen LogP contribution in [0.25, 0.3) is 0 Å². The highest BCUT2D eigenvalue weighted by Crippen LogP contribution is 2.35. The Balaban J connectivity index is 2.13. The van der Waals surface area contributed by atoms with Gasteiger partial charge in [-0.3, -0.25) is 0 Å². The minimum Gasteiger partial charge on any atom is -0.478 e. The van der Waals surface area contributed by atoms with Gasteiger partial charge in [0.2, 0.25) is 0 Å². The minimum atomic E-state index is -1.10. The van der Waals surface area contributed by atoms with Gasteiger partial charge in [-0.05, 0) is 37.0 Å². The van der Waals surface area contributed by atoms with E-state index in [2.05, 4.69) is 12.2 Å². The molecular formula is C14H18FNO2. The van der Waals surface area contributed by atoms with Crippen molar-refractivity contribution in [3.05, 3.63) is 29.6 Å². The molecule has 0 heterocycles. The Bertz CT molecular complexity index is 443. The molecule has 2 N–H and O–H groups in total. The number of rotatable bonds is 6. The van der Waals surface area contributed by atoms with Crippen molar-refractivity contribution in [2.45, 2.75) is 38.6 Å². The first kappa shape index (κ1) is 12.9. The standard InChI is InChI=1S/C14H18FNO2/c1-2-11(7-9-3-4-9)16-13-6-5-10(15)8-12(13)14(17)18/h5-6,8-9,11,16H,2-4,7H2,1H3,(H,17,18). The summed E-state index contributed by atoms with van der Waals surface area (Å²) in [6.07, 6.45) is 4.54. The number of carboxylic acids is 1. The van der Waals surface area contributed by atoms with Crippen molar-refractivity contribution in [1.29, 1.82) is 0 Å². The predicted octanol–water partition coefficient (Wildman–Crippen LogP) is 3.51. The van der Waals surface area contributed by atoms with Gasteiger partial charge >= 0.3 is 5.97 Å². The second-order valence-electron chi connectivity index (χ2n) is 4.92. The molecule has 18 heavy (non-hydrogen) atoms. The normalized spacial score (nSPS) is 16.3. The Morgan fingerprint density at radius 2 is 2.28 bits per heavy atom. The molecule has 0 aromatic heterocycles. The van der Waals surface area contributed by atoms with Gasteiger partial charge in [0, 0.05) is 11.7 Å². The summed E-state index contributed by atoms with van der Waals surface area (Å²) in [7, 11) is 0. The van der Waals surface area contributed by atoms with E-state index in [0.29, 0.717) is 5.69 Å². The molecule has 1 aromatic rings. The predicted molar refractivity (Wildman–Crippen MR) is 68.4 cm³/mol. The molecule has 1 aliphatic carbocycles. The maximum absolute atomic E-state index is 13.1. The first-order valence-corrected chi connectivity index (χ1v) is 6.39. The maximum Gasteiger partial charge on any atom is 0.337 e. The Kier molecular flexibility index (Phi) is 3.84. The number of hydrogen-bond acceptors (Lipinski definition) is 2. The first-order chi connectivity index (χ1) is 8.60. The van der Waals surface area contributed by atoms with Crippen LogP contribution in [0.2, 0.25) is 0 Å². The smallest absolute Gasteiger partial charge is 0.337 e. The van der Waals surface area contributed by atoms with Crippen LogP contribution in [0.3, 0.4) is 0 Å². The number of benzene rings is 1. The summed E-state index contributed by atoms with van der Waals surface area (Å²) in [6.45, 7) is 2.07. The summed E-state index contributed by atoms with van der Waals surface area (Å²) < 4.78 is 13.1. The lowest BCUT2D eigenvalue weighted by Crippen LogP contribution is -2.20. The molecule has 2 rings (SSSR count). The van der Waals surface area contributed by atoms with Crippen molar-refractivity contribution in [3.8, 4) is 0 Å². The van der Waals surface area contributed by atoms with Gasteiger partial charge in [-0.1, -0.05) is 19.8 Å². The molecule has 0 saturated heterocycles. The van der Waals surface area contributed by atoms with Crippen LogP contribution in [0.4, 0.5) is 10.1 Å². The number of nitrogens with one attached hydrogen (secondary N) is 1. The Labute approximate surface area is 106 Å². The average Bonchev–Trinajstić information content (AvgIpc) is 3.14. The van der Waals surface area contributed by atoms with Crippen LogP contribution in [-0.4, -0.2) is 17.1 Å². The summed E-state index contributed by atoms with van der Waals surface area (Å²) in [4.78, 5) is 11.1. The number of hydrogen-bond donors (Lipinski definition) is 2. The van der Waals surface area contributed by atoms with Crippen LogP contribution in [0.1, 0.15) is 43.0 Å². The lowest BCUT2D eigenvalue weighted by atomic mass is 10.1. The van der Waals surface area contributed by atoms with E-state index in [1.165, 1.54) is 25.0 Å². The molecule has 98 valence electrons. The van der Waals surface area contributed by atoms with Gasteiger partial charge in [0.05, 0.1) is 5.56 Å². The third-order valence-electron chi connectivity index (χ3n) is 3.38. The minimum absolute atomic E-state index is 0.00393. The topological polar surface area (TPSA) is 49.3 Å². The van der Waals surface area contributed by atoms with Gasteiger partial charge in [0.25, 0.3) is 0 Å². The van der Waals surface area contributed by atoms with Gasteiger partial charge in [0.15, 0.2) is 0 Å². The average molecular weight is 251 g/mol. The summed E-state index contributed by atoms with van der Waals surface area (Å²) >= 11 is 0. The van der Waals surface area contributed by atoms with Crippen LogP contribution < -0.4 is 5.32 Å². The zero-order chi connectivity index (χ0) is 13.1. The van der Waals surface area contributed by atoms with E-state index < -0.39 is 11.8 Å². The quantitative estimate of drug-likeness (QED) is 0.813. The number of carbonyl (C=O) groups is 1. The van der Waals surface area contributed by atoms with Crippen LogP contribution in [-0.2, 0) is 0 Å². The molecule has 1 aliphatic rings. The molecule has 1 saturated carbocycles. The maximum atomic E-state index is 13.1. The highest BCUT2D eigenvalue weighted by Gasteiger charge is 2.25. The fourth-order valence-corrected chi connectivity index (χ4v) is 2.12. The number of aromatic carboxylic acids is 1. The van der Waals surface area contributed by atoms with Crippen molar-refractivity contribution in [1.82, 2.24) is 0 Å². The number of halogens is 1. The molecule has 1 aromatic carbocycles. The van der Waals surface area contributed by atoms with Crippen LogP contribution >= 0.6 is 0 Å². The van der Waals surface area contributed by atoms with Crippen molar-refractivity contribution in [2.24, 2.45) is 5.92 Å². The van der Waals surface area contributed by atoms with Crippen molar-refractivity contribution in [3.63, 3.8) is 0 Å². The second-order valence-corrected chi connectivity index (χ2v) is 4.92. The first-order valence-electron chi connectivity index (χ1n) is 6.39. The Morgan fingerprint density at radius 1 is 1.56 bits per heavy atom. The third kappa shape index (κ3) is 3.22. The molecule has 0 aliphatic heterocycles. The van der Waals surface area contributed by atoms with E-state index in [-0.39, 0.29) is 11.6 Å². The zero-order valence-electron chi connectivity index (χ0n) is 10.4. The van der Waals surface area contributed by atoms with Crippen LogP contribution in [0.15, 0.2) is 18.2 Å². The van der Waals surface area contributed by atoms with E-state index in [1.54, 1.807) is 0 Å². The van der Waals surface area contributed by atoms with Crippen molar-refractivity contribution < 1.29 is 14.3 Å². The van der Waals surface area contributed by atoms with Crippen LogP contribution in [0.5, 0.6) is 0 Å². The van der Waals surface area contributed by atoms with Gasteiger partial charge in [-0.25, -0.2) is 9.18 Å². The zero-order valence-corrected chi connectivity index (χ0v) is 10.4. The van der Waals surface area contributed by atoms with Gasteiger partial charge in [-0.15, -0.1) is 0 Å². The molecule has 0 amide bonds. The molecule has 3 nitrogen and oxygen atoms in total. The number of carboxylic acid groups (broad SMARTS) is 1. The fourth-order valence-electron chi connectivity index (χ4n) is 2.12. The van der Waals surface area contributed by atoms with E-state index in [1.807, 2.05) is 0 Å². The van der Waals surface area contributed by atoms with Crippen LogP contribution in [0, 0.1) is 11.7 Å². The summed E-state index contributed by atoms with van der Waals surface area (Å²) in [6, 6.07) is 4.13. The van der Waals surface area contributed by atoms with E-state index >= 15 is 0 Å². The molecule has 1 atom stereocenters. The van der Waals surface area contributed by atoms with E-state index in [9.17, 15) is 9.18 Å². The Morgan fingerprint density at radius 3 is 2.83 bits per heavy atom. The summed E-state index contributed by atoms with van der Waals surface area (Å²) in [5.41, 5.74) is 0.514. The molecule has 0 bridgehead atoms. The number of anilines is 1. The molecular weight excluding hydrogens is 233 g/mol. The van der Waals surface area contributed by atoms with Gasteiger partial charge < -0.3 is 10.4 Å². The van der Waals surface area contributed by atoms with Gasteiger partial charge in [0.1, 0.15) is 5.82 Å². The summed E-state index contributed by atoms with van der Waals surface area (Å²) in [5, 5.41) is 12.3. The molecule has 0 spiro atoms. The van der Waals surface area contributed by atoms with Crippen molar-refractivity contribution >= 4 is 11.7 Å². The molecule has 4 heteroatoms. The third-order valence-corrected chi connectivity index (χ3v) is 3.38. The van der Waals surface area contributed by atoms with Crippen molar-refractivity contribution in [2.75, 3.05) is 5.32 Å². The summed E-state index contributed by atoms with van der Waals surface area (Å²) in [5.74, 6) is -0.845. The molecule has 1 fully saturated rings. The highest BCUT2D eigenvalue weighted by molar-refractivity contribution is 5.94. The molecule has 1 unspecified atom stereocenters.